The second kappa shape index (κ2) is 10.4. The number of hydrogen-bond donors (Lipinski definition) is 3. The normalized spacial score (nSPS) is 19.1. The second-order valence-corrected chi connectivity index (χ2v) is 10.5. The van der Waals surface area contributed by atoms with Crippen molar-refractivity contribution in [2.45, 2.75) is 32.3 Å². The molecule has 0 saturated carbocycles. The third-order valence-electron chi connectivity index (χ3n) is 6.99. The minimum atomic E-state index is -1.08. The molecule has 1 aliphatic rings. The molecule has 0 radical (unpaired) electrons. The second-order valence-electron chi connectivity index (χ2n) is 10.5. The number of likely N-dealkylation sites (tertiary alicyclic amines) is 1. The van der Waals surface area contributed by atoms with Crippen molar-refractivity contribution < 1.29 is 29.3 Å². The van der Waals surface area contributed by atoms with Gasteiger partial charge in [-0.15, -0.1) is 0 Å². The highest BCUT2D eigenvalue weighted by molar-refractivity contribution is 6.02. The predicted molar refractivity (Wildman–Crippen MR) is 138 cm³/mol. The number of halogens is 1. The van der Waals surface area contributed by atoms with Gasteiger partial charge < -0.3 is 15.3 Å². The topological polar surface area (TPSA) is 98.1 Å². The summed E-state index contributed by atoms with van der Waals surface area (Å²) >= 11 is 0. The van der Waals surface area contributed by atoms with E-state index in [1.165, 1.54) is 30.3 Å². The van der Waals surface area contributed by atoms with Gasteiger partial charge in [-0.3, -0.25) is 14.5 Å². The molecule has 0 spiro atoms. The maximum Gasteiger partial charge on any atom is 0.167 e. The smallest absolute Gasteiger partial charge is 0.167 e. The molecule has 0 bridgehead atoms. The highest BCUT2D eigenvalue weighted by Crippen LogP contribution is 2.43. The lowest BCUT2D eigenvalue weighted by Gasteiger charge is -2.45. The van der Waals surface area contributed by atoms with Crippen LogP contribution in [0.2, 0.25) is 0 Å². The first-order chi connectivity index (χ1) is 17.4. The highest BCUT2D eigenvalue weighted by atomic mass is 19.1. The highest BCUT2D eigenvalue weighted by Gasteiger charge is 2.46. The van der Waals surface area contributed by atoms with E-state index >= 15 is 0 Å². The van der Waals surface area contributed by atoms with Crippen molar-refractivity contribution in [3.8, 4) is 11.5 Å². The maximum atomic E-state index is 14.8. The Hall–Kier alpha value is -3.55. The zero-order valence-electron chi connectivity index (χ0n) is 21.2. The SMILES string of the molecule is Cc1c(F)cccc1C1[C@@H](C(=O)c2cccc(O)c2)CN(CC(C)(C)O)C[C@@H]1C(=O)c1cccc(O)c1. The van der Waals surface area contributed by atoms with Crippen molar-refractivity contribution in [3.05, 3.63) is 94.8 Å². The summed E-state index contributed by atoms with van der Waals surface area (Å²) in [5, 5.41) is 30.6. The Morgan fingerprint density at radius 2 is 1.38 bits per heavy atom. The van der Waals surface area contributed by atoms with Crippen molar-refractivity contribution in [2.24, 2.45) is 11.8 Å². The Kier molecular flexibility index (Phi) is 7.48. The molecule has 4 rings (SSSR count). The van der Waals surface area contributed by atoms with Crippen LogP contribution >= 0.6 is 0 Å². The zero-order chi connectivity index (χ0) is 26.9. The molecule has 1 saturated heterocycles. The van der Waals surface area contributed by atoms with Gasteiger partial charge in [0.15, 0.2) is 11.6 Å². The predicted octanol–water partition coefficient (Wildman–Crippen LogP) is 4.71. The van der Waals surface area contributed by atoms with Crippen LogP contribution in [0.25, 0.3) is 0 Å². The van der Waals surface area contributed by atoms with Crippen LogP contribution in [0, 0.1) is 24.6 Å². The average molecular weight is 506 g/mol. The molecule has 1 heterocycles. The summed E-state index contributed by atoms with van der Waals surface area (Å²) in [6.45, 7) is 5.66. The van der Waals surface area contributed by atoms with Gasteiger partial charge in [0.2, 0.25) is 0 Å². The first kappa shape index (κ1) is 26.5. The van der Waals surface area contributed by atoms with Crippen LogP contribution in [0.3, 0.4) is 0 Å². The lowest BCUT2D eigenvalue weighted by atomic mass is 9.67. The van der Waals surface area contributed by atoms with Gasteiger partial charge in [-0.1, -0.05) is 36.4 Å². The summed E-state index contributed by atoms with van der Waals surface area (Å²) in [5.41, 5.74) is 0.431. The summed E-state index contributed by atoms with van der Waals surface area (Å²) in [5.74, 6) is -3.28. The van der Waals surface area contributed by atoms with E-state index in [0.717, 1.165) is 0 Å². The maximum absolute atomic E-state index is 14.8. The van der Waals surface area contributed by atoms with E-state index < -0.39 is 29.2 Å². The van der Waals surface area contributed by atoms with E-state index in [2.05, 4.69) is 0 Å². The third-order valence-corrected chi connectivity index (χ3v) is 6.99. The number of hydrogen-bond acceptors (Lipinski definition) is 6. The monoisotopic (exact) mass is 505 g/mol. The van der Waals surface area contributed by atoms with Crippen molar-refractivity contribution in [1.29, 1.82) is 0 Å². The molecule has 6 nitrogen and oxygen atoms in total. The Bertz CT molecular complexity index is 1250. The first-order valence-corrected chi connectivity index (χ1v) is 12.3. The van der Waals surface area contributed by atoms with Gasteiger partial charge >= 0.3 is 0 Å². The number of phenols is 2. The number of Topliss-reactive ketones (excluding diaryl/α,β-unsaturated/α-hetero) is 2. The number of phenolic OH excluding ortho intramolecular Hbond substituents is 2. The Balaban J connectivity index is 1.88. The molecule has 7 heteroatoms. The molecule has 2 atom stereocenters. The van der Waals surface area contributed by atoms with E-state index in [1.807, 2.05) is 4.90 Å². The molecule has 0 aliphatic carbocycles. The Morgan fingerprint density at radius 3 is 1.84 bits per heavy atom. The first-order valence-electron chi connectivity index (χ1n) is 12.3. The summed E-state index contributed by atoms with van der Waals surface area (Å²) < 4.78 is 14.8. The standard InChI is InChI=1S/C30H32FNO5/c1-18-23(11-6-12-26(18)31)27-24(28(35)19-7-4-9-21(33)13-19)15-32(17-30(2,3)37)16-25(27)29(36)20-8-5-10-22(34)14-20/h4-14,24-25,27,33-34,37H,15-17H2,1-3H3/t24-,25-/m0/s1. The Morgan fingerprint density at radius 1 is 0.892 bits per heavy atom. The van der Waals surface area contributed by atoms with E-state index in [1.54, 1.807) is 57.2 Å². The quantitative estimate of drug-likeness (QED) is 0.402. The largest absolute Gasteiger partial charge is 0.508 e. The number of β-amino-alcohol motifs (C(OH)–C–C–N with tert-alkyl or cyclic N) is 1. The lowest BCUT2D eigenvalue weighted by Crippen LogP contribution is -2.53. The molecule has 1 fully saturated rings. The van der Waals surface area contributed by atoms with E-state index in [-0.39, 0.29) is 53.8 Å². The molecule has 3 N–H and O–H groups in total. The van der Waals surface area contributed by atoms with E-state index in [4.69, 9.17) is 0 Å². The van der Waals surface area contributed by atoms with Gasteiger partial charge in [-0.25, -0.2) is 4.39 Å². The minimum Gasteiger partial charge on any atom is -0.508 e. The molecule has 3 aromatic carbocycles. The van der Waals surface area contributed by atoms with Crippen LogP contribution in [-0.4, -0.2) is 57.0 Å². The van der Waals surface area contributed by atoms with Crippen molar-refractivity contribution in [1.82, 2.24) is 4.90 Å². The fourth-order valence-corrected chi connectivity index (χ4v) is 5.47. The minimum absolute atomic E-state index is 0.0547. The number of nitrogens with zero attached hydrogens (tertiary/aromatic N) is 1. The number of carbonyl (C=O) groups excluding carboxylic acids is 2. The summed E-state index contributed by atoms with van der Waals surface area (Å²) in [6, 6.07) is 16.8. The molecular weight excluding hydrogens is 473 g/mol. The molecule has 194 valence electrons. The fourth-order valence-electron chi connectivity index (χ4n) is 5.47. The van der Waals surface area contributed by atoms with Crippen LogP contribution in [0.5, 0.6) is 11.5 Å². The number of carbonyl (C=O) groups is 2. The van der Waals surface area contributed by atoms with Gasteiger partial charge in [0.25, 0.3) is 0 Å². The van der Waals surface area contributed by atoms with Gasteiger partial charge in [-0.05, 0) is 62.2 Å². The van der Waals surface area contributed by atoms with Crippen LogP contribution in [-0.2, 0) is 0 Å². The van der Waals surface area contributed by atoms with Crippen LogP contribution < -0.4 is 0 Å². The van der Waals surface area contributed by atoms with Gasteiger partial charge in [0, 0.05) is 48.5 Å². The van der Waals surface area contributed by atoms with Crippen molar-refractivity contribution in [2.75, 3.05) is 19.6 Å². The van der Waals surface area contributed by atoms with Gasteiger partial charge in [0.05, 0.1) is 5.60 Å². The van der Waals surface area contributed by atoms with Crippen molar-refractivity contribution >= 4 is 11.6 Å². The summed E-state index contributed by atoms with van der Waals surface area (Å²) in [7, 11) is 0. The zero-order valence-corrected chi connectivity index (χ0v) is 21.2. The van der Waals surface area contributed by atoms with E-state index in [0.29, 0.717) is 11.1 Å². The fraction of sp³-hybridized carbons (Fsp3) is 0.333. The molecule has 0 aromatic heterocycles. The number of aliphatic hydroxyl groups is 1. The molecule has 0 unspecified atom stereocenters. The number of ketones is 2. The summed E-state index contributed by atoms with van der Waals surface area (Å²) in [4.78, 5) is 29.8. The average Bonchev–Trinajstić information content (AvgIpc) is 2.83. The molecule has 3 aromatic rings. The number of benzene rings is 3. The number of aromatic hydroxyl groups is 2. The molecular formula is C30H32FNO5. The van der Waals surface area contributed by atoms with Gasteiger partial charge in [0.1, 0.15) is 17.3 Å². The van der Waals surface area contributed by atoms with Crippen LogP contribution in [0.4, 0.5) is 4.39 Å². The molecule has 1 aliphatic heterocycles. The van der Waals surface area contributed by atoms with Gasteiger partial charge in [-0.2, -0.15) is 0 Å². The van der Waals surface area contributed by atoms with Crippen LogP contribution in [0.15, 0.2) is 66.7 Å². The van der Waals surface area contributed by atoms with Crippen molar-refractivity contribution in [3.63, 3.8) is 0 Å². The number of piperidine rings is 1. The summed E-state index contributed by atoms with van der Waals surface area (Å²) in [6.07, 6.45) is 0. The van der Waals surface area contributed by atoms with E-state index in [9.17, 15) is 29.3 Å². The number of rotatable bonds is 7. The third kappa shape index (κ3) is 5.89. The Labute approximate surface area is 216 Å². The molecule has 0 amide bonds. The molecule has 37 heavy (non-hydrogen) atoms. The van der Waals surface area contributed by atoms with Crippen LogP contribution in [0.1, 0.15) is 51.6 Å². The lowest BCUT2D eigenvalue weighted by molar-refractivity contribution is 0.00599.